The Balaban J connectivity index is 2.13. The van der Waals surface area contributed by atoms with Gasteiger partial charge >= 0.3 is 0 Å². The van der Waals surface area contributed by atoms with Crippen LogP contribution in [0.2, 0.25) is 5.02 Å². The summed E-state index contributed by atoms with van der Waals surface area (Å²) in [5, 5.41) is 3.15. The molecular formula is C29H34ClN3O6S. The SMILES string of the molecule is CCNC(=O)[C@H](C)N(Cc1ccccc1Cl)C(=O)CN(c1cc(OC)ccc1OC)S(=O)(=O)c1ccc(C)cc1. The topological polar surface area (TPSA) is 105 Å². The van der Waals surface area contributed by atoms with Crippen LogP contribution in [-0.2, 0) is 26.2 Å². The molecule has 0 bridgehead atoms. The van der Waals surface area contributed by atoms with E-state index >= 15 is 0 Å². The molecule has 1 atom stereocenters. The van der Waals surface area contributed by atoms with Gasteiger partial charge in [0.25, 0.3) is 10.0 Å². The van der Waals surface area contributed by atoms with Crippen LogP contribution in [0.4, 0.5) is 5.69 Å². The Morgan fingerprint density at radius 2 is 1.68 bits per heavy atom. The summed E-state index contributed by atoms with van der Waals surface area (Å²) in [5.41, 5.74) is 1.60. The minimum atomic E-state index is -4.27. The van der Waals surface area contributed by atoms with Gasteiger partial charge in [-0.2, -0.15) is 0 Å². The fourth-order valence-corrected chi connectivity index (χ4v) is 5.67. The third-order valence-corrected chi connectivity index (χ3v) is 8.50. The highest BCUT2D eigenvalue weighted by molar-refractivity contribution is 7.92. The molecule has 40 heavy (non-hydrogen) atoms. The smallest absolute Gasteiger partial charge is 0.264 e. The van der Waals surface area contributed by atoms with E-state index in [-0.39, 0.29) is 28.8 Å². The summed E-state index contributed by atoms with van der Waals surface area (Å²) in [6.45, 7) is 4.95. The highest BCUT2D eigenvalue weighted by atomic mass is 35.5. The molecule has 2 amide bonds. The zero-order valence-corrected chi connectivity index (χ0v) is 24.8. The number of hydrogen-bond acceptors (Lipinski definition) is 6. The Morgan fingerprint density at radius 1 is 1.00 bits per heavy atom. The van der Waals surface area contributed by atoms with Crippen LogP contribution < -0.4 is 19.1 Å². The Kier molecular flexibility index (Phi) is 10.4. The Hall–Kier alpha value is -3.76. The van der Waals surface area contributed by atoms with Crippen LogP contribution in [0.5, 0.6) is 11.5 Å². The first-order valence-corrected chi connectivity index (χ1v) is 14.5. The standard InChI is InChI=1S/C29H34ClN3O6S/c1-6-31-29(35)21(3)32(18-22-9-7-8-10-25(22)30)28(34)19-33(26-17-23(38-4)13-16-27(26)39-5)40(36,37)24-14-11-20(2)12-15-24/h7-17,21H,6,18-19H2,1-5H3,(H,31,35)/t21-/m0/s1. The van der Waals surface area contributed by atoms with Crippen LogP contribution in [0.25, 0.3) is 0 Å². The van der Waals surface area contributed by atoms with E-state index in [1.165, 1.54) is 37.3 Å². The van der Waals surface area contributed by atoms with E-state index in [0.29, 0.717) is 22.9 Å². The van der Waals surface area contributed by atoms with Gasteiger partial charge in [0.15, 0.2) is 0 Å². The molecule has 0 aliphatic heterocycles. The zero-order chi connectivity index (χ0) is 29.4. The number of methoxy groups -OCH3 is 2. The van der Waals surface area contributed by atoms with Crippen molar-refractivity contribution in [2.24, 2.45) is 0 Å². The van der Waals surface area contributed by atoms with Gasteiger partial charge in [0.05, 0.1) is 24.8 Å². The van der Waals surface area contributed by atoms with Crippen molar-refractivity contribution < 1.29 is 27.5 Å². The van der Waals surface area contributed by atoms with Crippen LogP contribution in [-0.4, -0.2) is 58.5 Å². The monoisotopic (exact) mass is 587 g/mol. The van der Waals surface area contributed by atoms with Crippen molar-refractivity contribution in [2.45, 2.75) is 38.3 Å². The van der Waals surface area contributed by atoms with E-state index < -0.39 is 28.5 Å². The number of benzene rings is 3. The minimum Gasteiger partial charge on any atom is -0.497 e. The van der Waals surface area contributed by atoms with Crippen LogP contribution in [0.15, 0.2) is 71.6 Å². The maximum atomic E-state index is 14.0. The lowest BCUT2D eigenvalue weighted by Crippen LogP contribution is -2.51. The second-order valence-corrected chi connectivity index (χ2v) is 11.3. The lowest BCUT2D eigenvalue weighted by Gasteiger charge is -2.32. The summed E-state index contributed by atoms with van der Waals surface area (Å²) in [7, 11) is -1.41. The van der Waals surface area contributed by atoms with Gasteiger partial charge in [-0.1, -0.05) is 47.5 Å². The Morgan fingerprint density at radius 3 is 2.27 bits per heavy atom. The second-order valence-electron chi connectivity index (χ2n) is 9.05. The van der Waals surface area contributed by atoms with Crippen LogP contribution >= 0.6 is 11.6 Å². The summed E-state index contributed by atoms with van der Waals surface area (Å²) < 4.78 is 39.9. The van der Waals surface area contributed by atoms with Gasteiger partial charge in [-0.05, 0) is 56.7 Å². The van der Waals surface area contributed by atoms with Crippen LogP contribution in [0.1, 0.15) is 25.0 Å². The molecule has 0 saturated carbocycles. The molecule has 11 heteroatoms. The molecule has 9 nitrogen and oxygen atoms in total. The molecule has 0 aliphatic carbocycles. The van der Waals surface area contributed by atoms with Gasteiger partial charge in [0, 0.05) is 24.2 Å². The number of rotatable bonds is 12. The van der Waals surface area contributed by atoms with Crippen molar-refractivity contribution in [3.8, 4) is 11.5 Å². The summed E-state index contributed by atoms with van der Waals surface area (Å²) in [4.78, 5) is 28.2. The molecule has 3 rings (SSSR count). The van der Waals surface area contributed by atoms with E-state index in [9.17, 15) is 18.0 Å². The van der Waals surface area contributed by atoms with Gasteiger partial charge in [0.2, 0.25) is 11.8 Å². The number of ether oxygens (including phenoxy) is 2. The first-order valence-electron chi connectivity index (χ1n) is 12.7. The predicted octanol–water partition coefficient (Wildman–Crippen LogP) is 4.41. The fraction of sp³-hybridized carbons (Fsp3) is 0.310. The largest absolute Gasteiger partial charge is 0.497 e. The maximum Gasteiger partial charge on any atom is 0.264 e. The summed E-state index contributed by atoms with van der Waals surface area (Å²) in [6.07, 6.45) is 0. The number of carbonyl (C=O) groups excluding carboxylic acids is 2. The maximum absolute atomic E-state index is 14.0. The van der Waals surface area contributed by atoms with Gasteiger partial charge in [-0.25, -0.2) is 8.42 Å². The zero-order valence-electron chi connectivity index (χ0n) is 23.2. The third-order valence-electron chi connectivity index (χ3n) is 6.36. The van der Waals surface area contributed by atoms with E-state index in [4.69, 9.17) is 21.1 Å². The summed E-state index contributed by atoms with van der Waals surface area (Å²) in [6, 6.07) is 17.0. The number of carbonyl (C=O) groups is 2. The molecule has 214 valence electrons. The number of likely N-dealkylation sites (N-methyl/N-ethyl adjacent to an activating group) is 1. The average Bonchev–Trinajstić information content (AvgIpc) is 2.94. The van der Waals surface area contributed by atoms with E-state index in [0.717, 1.165) is 9.87 Å². The molecule has 0 aromatic heterocycles. The van der Waals surface area contributed by atoms with Crippen LogP contribution in [0, 0.1) is 6.92 Å². The number of nitrogens with one attached hydrogen (secondary N) is 1. The molecular weight excluding hydrogens is 554 g/mol. The van der Waals surface area contributed by atoms with Crippen molar-refractivity contribution in [2.75, 3.05) is 31.6 Å². The number of nitrogens with zero attached hydrogens (tertiary/aromatic N) is 2. The summed E-state index contributed by atoms with van der Waals surface area (Å²) >= 11 is 6.38. The molecule has 0 unspecified atom stereocenters. The molecule has 0 spiro atoms. The fourth-order valence-electron chi connectivity index (χ4n) is 4.06. The van der Waals surface area contributed by atoms with Gasteiger partial charge < -0.3 is 19.7 Å². The molecule has 3 aromatic carbocycles. The second kappa shape index (κ2) is 13.5. The van der Waals surface area contributed by atoms with Crippen molar-refractivity contribution in [3.05, 3.63) is 82.9 Å². The molecule has 0 heterocycles. The molecule has 0 aliphatic rings. The number of aryl methyl sites for hydroxylation is 1. The summed E-state index contributed by atoms with van der Waals surface area (Å²) in [5.74, 6) is -0.399. The first-order chi connectivity index (χ1) is 19.0. The number of halogens is 1. The van der Waals surface area contributed by atoms with Crippen LogP contribution in [0.3, 0.4) is 0 Å². The van der Waals surface area contributed by atoms with Crippen molar-refractivity contribution in [1.82, 2.24) is 10.2 Å². The molecule has 1 N–H and O–H groups in total. The van der Waals surface area contributed by atoms with Gasteiger partial charge in [-0.15, -0.1) is 0 Å². The molecule has 3 aromatic rings. The van der Waals surface area contributed by atoms with E-state index in [1.807, 2.05) is 6.92 Å². The lowest BCUT2D eigenvalue weighted by atomic mass is 10.1. The Bertz CT molecular complexity index is 1450. The quantitative estimate of drug-likeness (QED) is 0.336. The molecule has 0 saturated heterocycles. The minimum absolute atomic E-state index is 0.00907. The normalized spacial score (nSPS) is 11.8. The third kappa shape index (κ3) is 7.05. The number of sulfonamides is 1. The highest BCUT2D eigenvalue weighted by Crippen LogP contribution is 2.36. The predicted molar refractivity (Wildman–Crippen MR) is 155 cm³/mol. The van der Waals surface area contributed by atoms with Crippen molar-refractivity contribution >= 4 is 39.1 Å². The highest BCUT2D eigenvalue weighted by Gasteiger charge is 2.34. The first kappa shape index (κ1) is 30.8. The van der Waals surface area contributed by atoms with E-state index in [1.54, 1.807) is 62.4 Å². The van der Waals surface area contributed by atoms with Gasteiger partial charge in [0.1, 0.15) is 24.1 Å². The number of amides is 2. The van der Waals surface area contributed by atoms with Crippen molar-refractivity contribution in [3.63, 3.8) is 0 Å². The molecule has 0 fully saturated rings. The number of hydrogen-bond donors (Lipinski definition) is 1. The average molecular weight is 588 g/mol. The van der Waals surface area contributed by atoms with E-state index in [2.05, 4.69) is 5.32 Å². The van der Waals surface area contributed by atoms with Crippen molar-refractivity contribution in [1.29, 1.82) is 0 Å². The Labute approximate surface area is 240 Å². The number of anilines is 1. The molecule has 0 radical (unpaired) electrons. The lowest BCUT2D eigenvalue weighted by molar-refractivity contribution is -0.139. The van der Waals surface area contributed by atoms with Gasteiger partial charge in [-0.3, -0.25) is 13.9 Å².